The lowest BCUT2D eigenvalue weighted by Crippen LogP contribution is -2.04. The Morgan fingerprint density at radius 2 is 2.11 bits per heavy atom. The molecule has 0 aliphatic carbocycles. The molecule has 2 rings (SSSR count). The summed E-state index contributed by atoms with van der Waals surface area (Å²) in [5.74, 6) is -0.367. The fraction of sp³-hybridized carbons (Fsp3) is 0.154. The van der Waals surface area contributed by atoms with Crippen molar-refractivity contribution in [2.45, 2.75) is 6.42 Å². The second-order valence-corrected chi connectivity index (χ2v) is 3.83. The van der Waals surface area contributed by atoms with Crippen molar-refractivity contribution in [1.29, 1.82) is 0 Å². The summed E-state index contributed by atoms with van der Waals surface area (Å²) < 4.78 is 4.61. The van der Waals surface area contributed by atoms with E-state index in [1.807, 2.05) is 12.1 Å². The summed E-state index contributed by atoms with van der Waals surface area (Å²) in [5, 5.41) is 12.3. The fourth-order valence-electron chi connectivity index (χ4n) is 1.82. The SMILES string of the molecule is COC(=O)Cc1cccc2ccc([N+](=O)[O-])cc12. The number of nitro benzene ring substituents is 1. The predicted molar refractivity (Wildman–Crippen MR) is 66.3 cm³/mol. The first-order chi connectivity index (χ1) is 8.61. The standard InChI is InChI=1S/C13H11NO4/c1-18-13(15)7-10-4-2-3-9-5-6-11(14(16)17)8-12(9)10/h2-6,8H,7H2,1H3. The molecule has 0 aliphatic rings. The van der Waals surface area contributed by atoms with Crippen molar-refractivity contribution >= 4 is 22.4 Å². The van der Waals surface area contributed by atoms with Crippen LogP contribution < -0.4 is 0 Å². The molecule has 0 radical (unpaired) electrons. The van der Waals surface area contributed by atoms with Crippen molar-refractivity contribution in [1.82, 2.24) is 0 Å². The number of hydrogen-bond donors (Lipinski definition) is 0. The third kappa shape index (κ3) is 2.29. The van der Waals surface area contributed by atoms with E-state index in [4.69, 9.17) is 0 Å². The van der Waals surface area contributed by atoms with Gasteiger partial charge in [-0.25, -0.2) is 0 Å². The zero-order valence-electron chi connectivity index (χ0n) is 9.75. The van der Waals surface area contributed by atoms with Crippen LogP contribution in [0.5, 0.6) is 0 Å². The maximum atomic E-state index is 11.3. The molecule has 0 saturated heterocycles. The minimum absolute atomic E-state index is 0.0137. The zero-order chi connectivity index (χ0) is 13.1. The first-order valence-corrected chi connectivity index (χ1v) is 5.34. The molecular formula is C13H11NO4. The van der Waals surface area contributed by atoms with Gasteiger partial charge in [0.15, 0.2) is 0 Å². The molecule has 2 aromatic rings. The maximum Gasteiger partial charge on any atom is 0.309 e. The van der Waals surface area contributed by atoms with Crippen LogP contribution in [0.3, 0.4) is 0 Å². The molecule has 0 aromatic heterocycles. The van der Waals surface area contributed by atoms with E-state index < -0.39 is 4.92 Å². The summed E-state index contributed by atoms with van der Waals surface area (Å²) in [6.07, 6.45) is 0.106. The number of nitro groups is 1. The van der Waals surface area contributed by atoms with Gasteiger partial charge in [-0.05, 0) is 22.4 Å². The molecule has 92 valence electrons. The van der Waals surface area contributed by atoms with Gasteiger partial charge in [0.05, 0.1) is 18.5 Å². The normalized spacial score (nSPS) is 10.3. The van der Waals surface area contributed by atoms with E-state index >= 15 is 0 Å². The molecule has 0 spiro atoms. The van der Waals surface area contributed by atoms with E-state index in [2.05, 4.69) is 4.74 Å². The van der Waals surface area contributed by atoms with Crippen molar-refractivity contribution in [3.05, 3.63) is 52.1 Å². The molecule has 2 aromatic carbocycles. The number of methoxy groups -OCH3 is 1. The summed E-state index contributed by atoms with van der Waals surface area (Å²) in [4.78, 5) is 21.6. The second-order valence-electron chi connectivity index (χ2n) is 3.83. The molecule has 0 saturated carbocycles. The van der Waals surface area contributed by atoms with Crippen LogP contribution in [0, 0.1) is 10.1 Å². The Bertz CT molecular complexity index is 621. The van der Waals surface area contributed by atoms with Crippen molar-refractivity contribution < 1.29 is 14.5 Å². The molecule has 5 nitrogen and oxygen atoms in total. The number of esters is 1. The number of rotatable bonds is 3. The van der Waals surface area contributed by atoms with Gasteiger partial charge in [-0.1, -0.05) is 18.2 Å². The summed E-state index contributed by atoms with van der Waals surface area (Å²) in [5.41, 5.74) is 0.739. The number of ether oxygens (including phenoxy) is 1. The summed E-state index contributed by atoms with van der Waals surface area (Å²) >= 11 is 0. The van der Waals surface area contributed by atoms with Gasteiger partial charge in [0.2, 0.25) is 0 Å². The van der Waals surface area contributed by atoms with Crippen LogP contribution in [-0.4, -0.2) is 18.0 Å². The highest BCUT2D eigenvalue weighted by atomic mass is 16.6. The number of non-ortho nitro benzene ring substituents is 1. The smallest absolute Gasteiger partial charge is 0.309 e. The summed E-state index contributed by atoms with van der Waals surface area (Å²) in [7, 11) is 1.32. The monoisotopic (exact) mass is 245 g/mol. The topological polar surface area (TPSA) is 69.4 Å². The average molecular weight is 245 g/mol. The molecule has 0 atom stereocenters. The Balaban J connectivity index is 2.55. The molecule has 0 N–H and O–H groups in total. The van der Waals surface area contributed by atoms with E-state index in [1.165, 1.54) is 19.2 Å². The molecule has 0 unspecified atom stereocenters. The molecule has 0 aliphatic heterocycles. The van der Waals surface area contributed by atoms with E-state index in [0.29, 0.717) is 5.39 Å². The third-order valence-corrected chi connectivity index (χ3v) is 2.73. The Morgan fingerprint density at radius 3 is 2.78 bits per heavy atom. The summed E-state index contributed by atoms with van der Waals surface area (Å²) in [6, 6.07) is 10.0. The van der Waals surface area contributed by atoms with Crippen molar-refractivity contribution in [2.24, 2.45) is 0 Å². The van der Waals surface area contributed by atoms with Gasteiger partial charge < -0.3 is 4.74 Å². The second kappa shape index (κ2) is 4.83. The molecule has 0 fully saturated rings. The van der Waals surface area contributed by atoms with Crippen LogP contribution in [0.25, 0.3) is 10.8 Å². The van der Waals surface area contributed by atoms with Gasteiger partial charge in [-0.3, -0.25) is 14.9 Å². The number of nitrogens with zero attached hydrogens (tertiary/aromatic N) is 1. The molecule has 0 bridgehead atoms. The van der Waals surface area contributed by atoms with Crippen LogP contribution in [0.2, 0.25) is 0 Å². The first kappa shape index (κ1) is 12.0. The minimum atomic E-state index is -0.450. The lowest BCUT2D eigenvalue weighted by atomic mass is 10.0. The Hall–Kier alpha value is -2.43. The van der Waals surface area contributed by atoms with Crippen molar-refractivity contribution in [2.75, 3.05) is 7.11 Å². The number of carbonyl (C=O) groups is 1. The minimum Gasteiger partial charge on any atom is -0.469 e. The van der Waals surface area contributed by atoms with E-state index in [9.17, 15) is 14.9 Å². The lowest BCUT2D eigenvalue weighted by molar-refractivity contribution is -0.384. The van der Waals surface area contributed by atoms with Crippen LogP contribution in [0.4, 0.5) is 5.69 Å². The van der Waals surface area contributed by atoms with Crippen LogP contribution in [0.1, 0.15) is 5.56 Å². The Morgan fingerprint density at radius 1 is 1.33 bits per heavy atom. The Kier molecular flexibility index (Phi) is 3.23. The van der Waals surface area contributed by atoms with Crippen molar-refractivity contribution in [3.63, 3.8) is 0 Å². The predicted octanol–water partition coefficient (Wildman–Crippen LogP) is 2.46. The first-order valence-electron chi connectivity index (χ1n) is 5.34. The molecule has 18 heavy (non-hydrogen) atoms. The summed E-state index contributed by atoms with van der Waals surface area (Å²) in [6.45, 7) is 0. The average Bonchev–Trinajstić information content (AvgIpc) is 2.38. The van der Waals surface area contributed by atoms with Crippen LogP contribution in [0.15, 0.2) is 36.4 Å². The molecular weight excluding hydrogens is 234 g/mol. The van der Waals surface area contributed by atoms with E-state index in [1.54, 1.807) is 12.1 Å². The zero-order valence-corrected chi connectivity index (χ0v) is 9.75. The quantitative estimate of drug-likeness (QED) is 0.473. The maximum absolute atomic E-state index is 11.3. The number of hydrogen-bond acceptors (Lipinski definition) is 4. The van der Waals surface area contributed by atoms with Crippen molar-refractivity contribution in [3.8, 4) is 0 Å². The highest BCUT2D eigenvalue weighted by Gasteiger charge is 2.11. The largest absolute Gasteiger partial charge is 0.469 e. The number of benzene rings is 2. The van der Waals surface area contributed by atoms with Gasteiger partial charge in [0, 0.05) is 12.1 Å². The van der Waals surface area contributed by atoms with Gasteiger partial charge in [-0.15, -0.1) is 0 Å². The van der Waals surface area contributed by atoms with E-state index in [-0.39, 0.29) is 18.1 Å². The van der Waals surface area contributed by atoms with E-state index in [0.717, 1.165) is 10.9 Å². The van der Waals surface area contributed by atoms with Gasteiger partial charge in [-0.2, -0.15) is 0 Å². The molecule has 5 heteroatoms. The highest BCUT2D eigenvalue weighted by molar-refractivity contribution is 5.90. The number of carbonyl (C=O) groups excluding carboxylic acids is 1. The number of fused-ring (bicyclic) bond motifs is 1. The fourth-order valence-corrected chi connectivity index (χ4v) is 1.82. The molecule has 0 heterocycles. The third-order valence-electron chi connectivity index (χ3n) is 2.73. The van der Waals surface area contributed by atoms with Gasteiger partial charge in [0.1, 0.15) is 0 Å². The highest BCUT2D eigenvalue weighted by Crippen LogP contribution is 2.24. The Labute approximate surface area is 103 Å². The van der Waals surface area contributed by atoms with Crippen LogP contribution >= 0.6 is 0 Å². The van der Waals surface area contributed by atoms with Crippen LogP contribution in [-0.2, 0) is 16.0 Å². The molecule has 0 amide bonds. The van der Waals surface area contributed by atoms with Gasteiger partial charge >= 0.3 is 5.97 Å². The lowest BCUT2D eigenvalue weighted by Gasteiger charge is -2.05. The van der Waals surface area contributed by atoms with Gasteiger partial charge in [0.25, 0.3) is 5.69 Å².